The van der Waals surface area contributed by atoms with Gasteiger partial charge in [-0.2, -0.15) is 0 Å². The molecular formula is C43H51N7O6. The summed E-state index contributed by atoms with van der Waals surface area (Å²) in [6, 6.07) is 12.6. The minimum atomic E-state index is -0.438. The molecule has 0 spiro atoms. The van der Waals surface area contributed by atoms with Crippen molar-refractivity contribution >= 4 is 47.1 Å². The Balaban J connectivity index is 0.973. The number of ether oxygens (including phenoxy) is 2. The lowest BCUT2D eigenvalue weighted by atomic mass is 9.89. The molecule has 2 aliphatic rings. The average Bonchev–Trinajstić information content (AvgIpc) is 3.81. The van der Waals surface area contributed by atoms with E-state index in [2.05, 4.69) is 48.0 Å². The predicted molar refractivity (Wildman–Crippen MR) is 217 cm³/mol. The van der Waals surface area contributed by atoms with Crippen LogP contribution < -0.4 is 15.4 Å². The molecular weight excluding hydrogens is 711 g/mol. The minimum Gasteiger partial charge on any atom is -0.493 e. The first kappa shape index (κ1) is 39.7. The summed E-state index contributed by atoms with van der Waals surface area (Å²) in [5, 5.41) is 5.62. The van der Waals surface area contributed by atoms with Gasteiger partial charge in [0.2, 0.25) is 11.7 Å². The van der Waals surface area contributed by atoms with Crippen molar-refractivity contribution in [2.45, 2.75) is 78.9 Å². The number of nitrogens with zero attached hydrogens (tertiary/aromatic N) is 5. The van der Waals surface area contributed by atoms with E-state index in [1.54, 1.807) is 57.8 Å². The maximum Gasteiger partial charge on any atom is 0.355 e. The highest BCUT2D eigenvalue weighted by Gasteiger charge is 2.34. The van der Waals surface area contributed by atoms with E-state index in [1.165, 1.54) is 0 Å². The SMILES string of the molecule is C=C1C[C@H]2C=Nc3cc(OCCCC(=O)Nc4cn(C)c(C(=O)Nc5ccc(-c6cc(C(=O)OC(C)CCC(C)(C)C)n(C)c6)cc5)n4)c(C)cc3C(=O)N2C1. The van der Waals surface area contributed by atoms with Gasteiger partial charge in [0.05, 0.1) is 30.0 Å². The van der Waals surface area contributed by atoms with Crippen molar-refractivity contribution in [3.05, 3.63) is 89.7 Å². The Bertz CT molecular complexity index is 2190. The quantitative estimate of drug-likeness (QED) is 0.0808. The van der Waals surface area contributed by atoms with Crippen molar-refractivity contribution in [3.8, 4) is 16.9 Å². The molecule has 294 valence electrons. The molecule has 4 aromatic rings. The van der Waals surface area contributed by atoms with E-state index < -0.39 is 5.91 Å². The molecule has 56 heavy (non-hydrogen) atoms. The Kier molecular flexibility index (Phi) is 11.6. The van der Waals surface area contributed by atoms with Gasteiger partial charge in [-0.25, -0.2) is 9.78 Å². The van der Waals surface area contributed by atoms with Crippen LogP contribution in [0.3, 0.4) is 0 Å². The molecule has 2 aliphatic heterocycles. The third kappa shape index (κ3) is 9.45. The average molecular weight is 762 g/mol. The Hall–Kier alpha value is -5.98. The normalized spacial score (nSPS) is 15.6. The van der Waals surface area contributed by atoms with Gasteiger partial charge in [-0.1, -0.05) is 45.1 Å². The highest BCUT2D eigenvalue weighted by atomic mass is 16.5. The molecule has 0 aliphatic carbocycles. The molecule has 3 amide bonds. The van der Waals surface area contributed by atoms with Crippen molar-refractivity contribution < 1.29 is 28.7 Å². The lowest BCUT2D eigenvalue weighted by Crippen LogP contribution is -2.35. The molecule has 0 saturated carbocycles. The minimum absolute atomic E-state index is 0.0618. The predicted octanol–water partition coefficient (Wildman–Crippen LogP) is 7.64. The lowest BCUT2D eigenvalue weighted by Gasteiger charge is -2.21. The molecule has 2 aromatic carbocycles. The van der Waals surface area contributed by atoms with Crippen LogP contribution in [0.4, 0.5) is 17.2 Å². The number of benzene rings is 2. The van der Waals surface area contributed by atoms with Gasteiger partial charge < -0.3 is 34.1 Å². The number of anilines is 2. The highest BCUT2D eigenvalue weighted by molar-refractivity contribution is 6.04. The lowest BCUT2D eigenvalue weighted by molar-refractivity contribution is -0.116. The van der Waals surface area contributed by atoms with Crippen LogP contribution in [0.2, 0.25) is 0 Å². The maximum absolute atomic E-state index is 13.2. The van der Waals surface area contributed by atoms with Crippen LogP contribution in [0.25, 0.3) is 11.1 Å². The van der Waals surface area contributed by atoms with Crippen LogP contribution in [0.1, 0.15) is 96.8 Å². The van der Waals surface area contributed by atoms with E-state index in [0.29, 0.717) is 47.8 Å². The van der Waals surface area contributed by atoms with Crippen LogP contribution in [0.5, 0.6) is 5.75 Å². The number of hydrogen-bond acceptors (Lipinski definition) is 8. The van der Waals surface area contributed by atoms with Gasteiger partial charge in [-0.15, -0.1) is 0 Å². The van der Waals surface area contributed by atoms with Gasteiger partial charge in [-0.3, -0.25) is 19.4 Å². The zero-order chi connectivity index (χ0) is 40.3. The number of rotatable bonds is 13. The number of aryl methyl sites for hydroxylation is 3. The van der Waals surface area contributed by atoms with E-state index in [-0.39, 0.29) is 60.0 Å². The molecule has 0 radical (unpaired) electrons. The van der Waals surface area contributed by atoms with E-state index in [4.69, 9.17) is 9.47 Å². The molecule has 2 atom stereocenters. The smallest absolute Gasteiger partial charge is 0.355 e. The second-order valence-electron chi connectivity index (χ2n) is 16.0. The van der Waals surface area contributed by atoms with Crippen molar-refractivity contribution in [1.82, 2.24) is 19.0 Å². The van der Waals surface area contributed by atoms with Crippen molar-refractivity contribution in [3.63, 3.8) is 0 Å². The van der Waals surface area contributed by atoms with Crippen molar-refractivity contribution in [1.29, 1.82) is 0 Å². The first-order chi connectivity index (χ1) is 26.5. The molecule has 1 fully saturated rings. The molecule has 1 saturated heterocycles. The Morgan fingerprint density at radius 2 is 1.77 bits per heavy atom. The molecule has 0 bridgehead atoms. The summed E-state index contributed by atoms with van der Waals surface area (Å²) in [6.45, 7) is 15.1. The maximum atomic E-state index is 13.2. The number of carbonyl (C=O) groups is 4. The number of carbonyl (C=O) groups excluding carboxylic acids is 4. The standard InChI is InChI=1S/C43H51N7O6/c1-26-18-32-22-44-34-21-36(27(2)19-33(34)41(53)50(32)23-26)55-17-9-10-38(51)46-37-25-49(8)39(47-37)40(52)45-31-13-11-29(12-14-31)30-20-35(48(7)24-30)42(54)56-28(3)15-16-43(4,5)6/h11-14,19-22,24-25,28,32H,1,9-10,15-18,23H2,2-8H3,(H,45,52)(H,46,51)/t28?,32-/m0/s1. The fraction of sp³-hybridized carbons (Fsp3) is 0.395. The summed E-state index contributed by atoms with van der Waals surface area (Å²) >= 11 is 0. The van der Waals surface area contributed by atoms with Crippen LogP contribution in [0.15, 0.2) is 72.0 Å². The Morgan fingerprint density at radius 3 is 2.50 bits per heavy atom. The fourth-order valence-electron chi connectivity index (χ4n) is 6.77. The number of aromatic nitrogens is 3. The summed E-state index contributed by atoms with van der Waals surface area (Å²) in [5.41, 5.74) is 5.85. The second-order valence-corrected chi connectivity index (χ2v) is 16.0. The summed E-state index contributed by atoms with van der Waals surface area (Å²) < 4.78 is 15.0. The van der Waals surface area contributed by atoms with Gasteiger partial charge in [-0.05, 0) is 80.3 Å². The fourth-order valence-corrected chi connectivity index (χ4v) is 6.77. The van der Waals surface area contributed by atoms with E-state index in [1.807, 2.05) is 45.3 Å². The van der Waals surface area contributed by atoms with Gasteiger partial charge in [0, 0.05) is 63.0 Å². The summed E-state index contributed by atoms with van der Waals surface area (Å²) in [5.74, 6) is -0.133. The molecule has 4 heterocycles. The van der Waals surface area contributed by atoms with E-state index in [9.17, 15) is 19.2 Å². The zero-order valence-electron chi connectivity index (χ0n) is 33.3. The molecule has 13 heteroatoms. The molecule has 6 rings (SSSR count). The van der Waals surface area contributed by atoms with Gasteiger partial charge in [0.15, 0.2) is 5.82 Å². The van der Waals surface area contributed by atoms with Crippen LogP contribution in [-0.2, 0) is 23.6 Å². The second kappa shape index (κ2) is 16.4. The van der Waals surface area contributed by atoms with Gasteiger partial charge in [0.25, 0.3) is 11.8 Å². The highest BCUT2D eigenvalue weighted by Crippen LogP contribution is 2.35. The number of hydrogen-bond donors (Lipinski definition) is 2. The summed E-state index contributed by atoms with van der Waals surface area (Å²) in [4.78, 5) is 62.7. The van der Waals surface area contributed by atoms with Gasteiger partial charge in [0.1, 0.15) is 11.4 Å². The number of aliphatic imine (C=N–C) groups is 1. The van der Waals surface area contributed by atoms with Crippen molar-refractivity contribution in [2.75, 3.05) is 23.8 Å². The number of imidazole rings is 1. The number of fused-ring (bicyclic) bond motifs is 2. The molecule has 13 nitrogen and oxygen atoms in total. The third-order valence-corrected chi connectivity index (χ3v) is 9.91. The van der Waals surface area contributed by atoms with Crippen LogP contribution in [0, 0.1) is 12.3 Å². The zero-order valence-corrected chi connectivity index (χ0v) is 33.3. The third-order valence-electron chi connectivity index (χ3n) is 9.91. The molecule has 1 unspecified atom stereocenters. The van der Waals surface area contributed by atoms with E-state index >= 15 is 0 Å². The van der Waals surface area contributed by atoms with E-state index in [0.717, 1.165) is 35.1 Å². The Morgan fingerprint density at radius 1 is 1.02 bits per heavy atom. The first-order valence-corrected chi connectivity index (χ1v) is 19.0. The first-order valence-electron chi connectivity index (χ1n) is 19.0. The summed E-state index contributed by atoms with van der Waals surface area (Å²) in [6.07, 6.45) is 8.14. The monoisotopic (exact) mass is 761 g/mol. The number of amides is 3. The van der Waals surface area contributed by atoms with Crippen molar-refractivity contribution in [2.24, 2.45) is 24.5 Å². The van der Waals surface area contributed by atoms with Gasteiger partial charge >= 0.3 is 5.97 Å². The van der Waals surface area contributed by atoms with Crippen LogP contribution in [-0.4, -0.2) is 74.2 Å². The summed E-state index contributed by atoms with van der Waals surface area (Å²) in [7, 11) is 3.49. The number of esters is 1. The molecule has 2 N–H and O–H groups in total. The number of nitrogens with one attached hydrogen (secondary N) is 2. The Labute approximate surface area is 327 Å². The molecule has 2 aromatic heterocycles. The van der Waals surface area contributed by atoms with Crippen LogP contribution >= 0.6 is 0 Å². The topological polar surface area (TPSA) is 149 Å². The largest absolute Gasteiger partial charge is 0.493 e.